The Morgan fingerprint density at radius 2 is 1.81 bits per heavy atom. The first-order valence-electron chi connectivity index (χ1n) is 6.04. The molecule has 0 saturated carbocycles. The van der Waals surface area contributed by atoms with Gasteiger partial charge in [-0.15, -0.1) is 0 Å². The van der Waals surface area contributed by atoms with Gasteiger partial charge in [0, 0.05) is 10.0 Å². The molecule has 0 N–H and O–H groups in total. The second-order valence-corrected chi connectivity index (χ2v) is 5.29. The number of rotatable bonds is 2. The second kappa shape index (κ2) is 5.14. The van der Waals surface area contributed by atoms with Gasteiger partial charge in [-0.2, -0.15) is 0 Å². The Bertz CT molecular complexity index is 903. The summed E-state index contributed by atoms with van der Waals surface area (Å²) >= 11 is 3.24. The Morgan fingerprint density at radius 3 is 2.48 bits per heavy atom. The van der Waals surface area contributed by atoms with E-state index in [2.05, 4.69) is 15.9 Å². The molecule has 0 radical (unpaired) electrons. The number of halogens is 1. The number of hydrogen-bond acceptors (Lipinski definition) is 4. The van der Waals surface area contributed by atoms with Crippen molar-refractivity contribution in [1.29, 1.82) is 0 Å². The third-order valence-electron chi connectivity index (χ3n) is 3.05. The first-order chi connectivity index (χ1) is 10.1. The highest BCUT2D eigenvalue weighted by Crippen LogP contribution is 2.31. The molecule has 0 aliphatic carbocycles. The van der Waals surface area contributed by atoms with Crippen LogP contribution in [0.25, 0.3) is 22.3 Å². The molecule has 3 rings (SSSR count). The molecule has 0 unspecified atom stereocenters. The van der Waals surface area contributed by atoms with Gasteiger partial charge in [0.15, 0.2) is 0 Å². The molecule has 0 amide bonds. The molecule has 0 aliphatic rings. The van der Waals surface area contributed by atoms with Crippen molar-refractivity contribution < 1.29 is 9.34 Å². The van der Waals surface area contributed by atoms with Crippen molar-refractivity contribution in [2.45, 2.75) is 0 Å². The molecule has 1 aromatic heterocycles. The monoisotopic (exact) mass is 345 g/mol. The molecule has 0 spiro atoms. The van der Waals surface area contributed by atoms with Crippen molar-refractivity contribution in [3.05, 3.63) is 73.3 Å². The summed E-state index contributed by atoms with van der Waals surface area (Å²) in [5, 5.41) is 11.5. The highest BCUT2D eigenvalue weighted by Gasteiger charge is 2.25. The summed E-state index contributed by atoms with van der Waals surface area (Å²) in [4.78, 5) is 23.0. The number of fused-ring (bicyclic) bond motifs is 1. The Labute approximate surface area is 127 Å². The van der Waals surface area contributed by atoms with Crippen LogP contribution in [-0.4, -0.2) is 4.92 Å². The summed E-state index contributed by atoms with van der Waals surface area (Å²) in [5.41, 5.74) is -0.396. The van der Waals surface area contributed by atoms with Crippen LogP contribution in [0, 0.1) is 10.1 Å². The van der Waals surface area contributed by atoms with E-state index in [4.69, 9.17) is 4.42 Å². The van der Waals surface area contributed by atoms with Crippen LogP contribution in [0.5, 0.6) is 0 Å². The van der Waals surface area contributed by atoms with Crippen molar-refractivity contribution in [2.75, 3.05) is 0 Å². The van der Waals surface area contributed by atoms with Crippen molar-refractivity contribution >= 4 is 32.6 Å². The lowest BCUT2D eigenvalue weighted by molar-refractivity contribution is -0.386. The van der Waals surface area contributed by atoms with E-state index in [1.165, 1.54) is 6.07 Å². The number of benzene rings is 2. The maximum atomic E-state index is 12.4. The Morgan fingerprint density at radius 1 is 1.10 bits per heavy atom. The molecular weight excluding hydrogens is 338 g/mol. The van der Waals surface area contributed by atoms with Crippen LogP contribution in [0.4, 0.5) is 5.69 Å². The molecule has 3 aromatic rings. The van der Waals surface area contributed by atoms with E-state index >= 15 is 0 Å². The molecule has 104 valence electrons. The van der Waals surface area contributed by atoms with Gasteiger partial charge in [0.25, 0.3) is 5.43 Å². The first kappa shape index (κ1) is 13.5. The topological polar surface area (TPSA) is 73.3 Å². The fraction of sp³-hybridized carbons (Fsp3) is 0. The van der Waals surface area contributed by atoms with Crippen LogP contribution in [0.3, 0.4) is 0 Å². The van der Waals surface area contributed by atoms with Gasteiger partial charge in [0.1, 0.15) is 5.58 Å². The summed E-state index contributed by atoms with van der Waals surface area (Å²) in [6, 6.07) is 13.4. The van der Waals surface area contributed by atoms with Crippen LogP contribution in [0.2, 0.25) is 0 Å². The van der Waals surface area contributed by atoms with Gasteiger partial charge in [-0.3, -0.25) is 14.9 Å². The van der Waals surface area contributed by atoms with Gasteiger partial charge in [-0.1, -0.05) is 46.3 Å². The summed E-state index contributed by atoms with van der Waals surface area (Å²) in [5.74, 6) is -0.0274. The first-order valence-corrected chi connectivity index (χ1v) is 6.83. The largest absolute Gasteiger partial charge is 0.449 e. The van der Waals surface area contributed by atoms with E-state index in [9.17, 15) is 14.9 Å². The molecule has 0 saturated heterocycles. The fourth-order valence-corrected chi connectivity index (χ4v) is 2.47. The van der Waals surface area contributed by atoms with Crippen LogP contribution in [0.1, 0.15) is 0 Å². The highest BCUT2D eigenvalue weighted by molar-refractivity contribution is 9.10. The predicted octanol–water partition coefficient (Wildman–Crippen LogP) is 4.13. The summed E-state index contributed by atoms with van der Waals surface area (Å²) in [6.07, 6.45) is 0. The number of nitro groups is 1. The normalized spacial score (nSPS) is 10.7. The Hall–Kier alpha value is -2.47. The predicted molar refractivity (Wildman–Crippen MR) is 82.3 cm³/mol. The Balaban J connectivity index is 2.45. The van der Waals surface area contributed by atoms with Crippen LogP contribution >= 0.6 is 15.9 Å². The molecule has 21 heavy (non-hydrogen) atoms. The smallest absolute Gasteiger partial charge is 0.359 e. The minimum Gasteiger partial charge on any atom is -0.449 e. The number of hydrogen-bond donors (Lipinski definition) is 0. The summed E-state index contributed by atoms with van der Waals surface area (Å²) in [6.45, 7) is 0. The van der Waals surface area contributed by atoms with Crippen molar-refractivity contribution in [2.24, 2.45) is 0 Å². The molecule has 2 aromatic carbocycles. The molecule has 1 heterocycles. The second-order valence-electron chi connectivity index (χ2n) is 4.37. The molecular formula is C15H8BrNO4. The van der Waals surface area contributed by atoms with Gasteiger partial charge in [-0.05, 0) is 18.2 Å². The van der Waals surface area contributed by atoms with Gasteiger partial charge in [0.2, 0.25) is 5.76 Å². The Kier molecular flexibility index (Phi) is 3.31. The zero-order valence-electron chi connectivity index (χ0n) is 10.6. The fourth-order valence-electron chi connectivity index (χ4n) is 2.11. The average molecular weight is 346 g/mol. The average Bonchev–Trinajstić information content (AvgIpc) is 2.48. The minimum absolute atomic E-state index is 0.0274. The van der Waals surface area contributed by atoms with Gasteiger partial charge in [-0.25, -0.2) is 0 Å². The van der Waals surface area contributed by atoms with Gasteiger partial charge in [0.05, 0.1) is 10.3 Å². The molecule has 6 heteroatoms. The lowest BCUT2D eigenvalue weighted by atomic mass is 10.1. The molecule has 0 bridgehead atoms. The van der Waals surface area contributed by atoms with E-state index in [1.54, 1.807) is 42.5 Å². The molecule has 0 atom stereocenters. The lowest BCUT2D eigenvalue weighted by Crippen LogP contribution is -2.10. The van der Waals surface area contributed by atoms with E-state index in [-0.39, 0.29) is 11.1 Å². The zero-order chi connectivity index (χ0) is 15.0. The van der Waals surface area contributed by atoms with Crippen molar-refractivity contribution in [1.82, 2.24) is 0 Å². The lowest BCUT2D eigenvalue weighted by Gasteiger charge is -2.04. The van der Waals surface area contributed by atoms with Crippen molar-refractivity contribution in [3.63, 3.8) is 0 Å². The maximum absolute atomic E-state index is 12.4. The van der Waals surface area contributed by atoms with Gasteiger partial charge < -0.3 is 4.42 Å². The molecule has 5 nitrogen and oxygen atoms in total. The van der Waals surface area contributed by atoms with Crippen LogP contribution < -0.4 is 5.43 Å². The standard InChI is InChI=1S/C15H8BrNO4/c16-10-6-7-12-11(8-10)14(18)13(17(19)20)15(21-12)9-4-2-1-3-5-9/h1-8H. The zero-order valence-corrected chi connectivity index (χ0v) is 12.2. The summed E-state index contributed by atoms with van der Waals surface area (Å²) < 4.78 is 6.27. The molecule has 0 fully saturated rings. The highest BCUT2D eigenvalue weighted by atomic mass is 79.9. The molecule has 0 aliphatic heterocycles. The quantitative estimate of drug-likeness (QED) is 0.517. The number of nitrogens with zero attached hydrogens (tertiary/aromatic N) is 1. The summed E-state index contributed by atoms with van der Waals surface area (Å²) in [7, 11) is 0. The maximum Gasteiger partial charge on any atom is 0.359 e. The third kappa shape index (κ3) is 2.34. The van der Waals surface area contributed by atoms with E-state index < -0.39 is 16.0 Å². The van der Waals surface area contributed by atoms with Gasteiger partial charge >= 0.3 is 5.69 Å². The van der Waals surface area contributed by atoms with E-state index in [0.29, 0.717) is 15.6 Å². The minimum atomic E-state index is -0.700. The van der Waals surface area contributed by atoms with Crippen molar-refractivity contribution in [3.8, 4) is 11.3 Å². The third-order valence-corrected chi connectivity index (χ3v) is 3.54. The van der Waals surface area contributed by atoms with Crippen LogP contribution in [0.15, 0.2) is 62.2 Å². The van der Waals surface area contributed by atoms with E-state index in [0.717, 1.165) is 0 Å². The SMILES string of the molecule is O=c1c([N+](=O)[O-])c(-c2ccccc2)oc2ccc(Br)cc12. The van der Waals surface area contributed by atoms with E-state index in [1.807, 2.05) is 0 Å². The van der Waals surface area contributed by atoms with Crippen LogP contribution in [-0.2, 0) is 0 Å².